The third kappa shape index (κ3) is 3.05. The lowest BCUT2D eigenvalue weighted by Crippen LogP contribution is -2.12. The van der Waals surface area contributed by atoms with Crippen molar-refractivity contribution in [3.8, 4) is 0 Å². The lowest BCUT2D eigenvalue weighted by Gasteiger charge is -2.06. The molecule has 1 heterocycles. The molecule has 0 bridgehead atoms. The van der Waals surface area contributed by atoms with Gasteiger partial charge in [0.25, 0.3) is 0 Å². The fourth-order valence-corrected chi connectivity index (χ4v) is 2.79. The molecular weight excluding hydrogens is 333 g/mol. The normalized spacial score (nSPS) is 11.0. The van der Waals surface area contributed by atoms with Gasteiger partial charge in [-0.1, -0.05) is 34.1 Å². The van der Waals surface area contributed by atoms with E-state index in [1.165, 1.54) is 6.07 Å². The molecule has 0 aliphatic carbocycles. The zero-order valence-corrected chi connectivity index (χ0v) is 12.8. The molecule has 0 atom stereocenters. The topological polar surface area (TPSA) is 22.0 Å². The lowest BCUT2D eigenvalue weighted by atomic mass is 10.1. The van der Waals surface area contributed by atoms with Gasteiger partial charge in [0.1, 0.15) is 5.82 Å². The highest BCUT2D eigenvalue weighted by atomic mass is 79.9. The average Bonchev–Trinajstić information content (AvgIpc) is 2.83. The van der Waals surface area contributed by atoms with Crippen molar-refractivity contribution >= 4 is 32.6 Å². The number of ketones is 1. The second kappa shape index (κ2) is 5.82. The minimum Gasteiger partial charge on any atom is -0.340 e. The monoisotopic (exact) mass is 345 g/mol. The third-order valence-electron chi connectivity index (χ3n) is 3.43. The number of carbonyl (C=O) groups is 1. The first kappa shape index (κ1) is 14.0. The standard InChI is InChI=1S/C17H13BrFNO/c18-14-5-6-17-13(9-14)7-8-20(17)11-15(21)10-12-3-1-2-4-16(12)19/h1-9H,10-11H2. The Bertz CT molecular complexity index is 809. The molecule has 0 saturated heterocycles. The Morgan fingerprint density at radius 3 is 2.76 bits per heavy atom. The number of rotatable bonds is 4. The number of hydrogen-bond acceptors (Lipinski definition) is 1. The van der Waals surface area contributed by atoms with Gasteiger partial charge in [-0.3, -0.25) is 4.79 Å². The third-order valence-corrected chi connectivity index (χ3v) is 3.92. The van der Waals surface area contributed by atoms with Gasteiger partial charge in [0.15, 0.2) is 5.78 Å². The van der Waals surface area contributed by atoms with E-state index in [1.807, 2.05) is 35.0 Å². The smallest absolute Gasteiger partial charge is 0.156 e. The SMILES string of the molecule is O=C(Cc1ccccc1F)Cn1ccc2cc(Br)ccc21. The Hall–Kier alpha value is -1.94. The Kier molecular flexibility index (Phi) is 3.88. The van der Waals surface area contributed by atoms with E-state index in [9.17, 15) is 9.18 Å². The quantitative estimate of drug-likeness (QED) is 0.688. The van der Waals surface area contributed by atoms with Crippen LogP contribution in [0.3, 0.4) is 0 Å². The van der Waals surface area contributed by atoms with Crippen molar-refractivity contribution < 1.29 is 9.18 Å². The van der Waals surface area contributed by atoms with Crippen molar-refractivity contribution in [2.24, 2.45) is 0 Å². The van der Waals surface area contributed by atoms with Gasteiger partial charge >= 0.3 is 0 Å². The van der Waals surface area contributed by atoms with Gasteiger partial charge in [0.05, 0.1) is 6.54 Å². The van der Waals surface area contributed by atoms with Crippen molar-refractivity contribution in [3.63, 3.8) is 0 Å². The number of Topliss-reactive ketones (excluding diaryl/α,β-unsaturated/α-hetero) is 1. The average molecular weight is 346 g/mol. The first-order valence-corrected chi connectivity index (χ1v) is 7.42. The second-order valence-electron chi connectivity index (χ2n) is 4.95. The summed E-state index contributed by atoms with van der Waals surface area (Å²) in [6.45, 7) is 0.249. The first-order valence-electron chi connectivity index (χ1n) is 6.63. The van der Waals surface area contributed by atoms with Crippen molar-refractivity contribution in [2.45, 2.75) is 13.0 Å². The maximum absolute atomic E-state index is 13.6. The fraction of sp³-hybridized carbons (Fsp3) is 0.118. The largest absolute Gasteiger partial charge is 0.340 e. The summed E-state index contributed by atoms with van der Waals surface area (Å²) in [6, 6.07) is 14.3. The molecule has 0 saturated carbocycles. The van der Waals surface area contributed by atoms with Gasteiger partial charge in [0, 0.05) is 28.0 Å². The maximum atomic E-state index is 13.6. The number of halogens is 2. The van der Waals surface area contributed by atoms with Crippen molar-refractivity contribution in [1.82, 2.24) is 4.57 Å². The maximum Gasteiger partial charge on any atom is 0.156 e. The molecule has 21 heavy (non-hydrogen) atoms. The molecule has 0 fully saturated rings. The predicted molar refractivity (Wildman–Crippen MR) is 84.7 cm³/mol. The van der Waals surface area contributed by atoms with Crippen LogP contribution in [0.4, 0.5) is 4.39 Å². The second-order valence-corrected chi connectivity index (χ2v) is 5.87. The van der Waals surface area contributed by atoms with E-state index >= 15 is 0 Å². The minimum absolute atomic E-state index is 0.0134. The molecule has 3 aromatic rings. The summed E-state index contributed by atoms with van der Waals surface area (Å²) in [7, 11) is 0. The van der Waals surface area contributed by atoms with Crippen LogP contribution in [0.25, 0.3) is 10.9 Å². The molecular formula is C17H13BrFNO. The number of hydrogen-bond donors (Lipinski definition) is 0. The zero-order valence-electron chi connectivity index (χ0n) is 11.2. The molecule has 3 rings (SSSR count). The molecule has 106 valence electrons. The van der Waals surface area contributed by atoms with E-state index < -0.39 is 0 Å². The summed E-state index contributed by atoms with van der Waals surface area (Å²) in [4.78, 5) is 12.1. The predicted octanol–water partition coefficient (Wildman–Crippen LogP) is 4.35. The van der Waals surface area contributed by atoms with Crippen molar-refractivity contribution in [1.29, 1.82) is 0 Å². The highest BCUT2D eigenvalue weighted by Gasteiger charge is 2.10. The van der Waals surface area contributed by atoms with Gasteiger partial charge in [-0.05, 0) is 35.9 Å². The van der Waals surface area contributed by atoms with Crippen molar-refractivity contribution in [2.75, 3.05) is 0 Å². The van der Waals surface area contributed by atoms with Crippen LogP contribution in [0.15, 0.2) is 59.2 Å². The zero-order chi connectivity index (χ0) is 14.8. The molecule has 0 amide bonds. The molecule has 2 aromatic carbocycles. The van der Waals surface area contributed by atoms with Crippen LogP contribution in [-0.2, 0) is 17.8 Å². The number of aromatic nitrogens is 1. The molecule has 0 radical (unpaired) electrons. The molecule has 0 spiro atoms. The lowest BCUT2D eigenvalue weighted by molar-refractivity contribution is -0.118. The molecule has 2 nitrogen and oxygen atoms in total. The van der Waals surface area contributed by atoms with E-state index in [2.05, 4.69) is 15.9 Å². The van der Waals surface area contributed by atoms with E-state index in [0.717, 1.165) is 15.4 Å². The van der Waals surface area contributed by atoms with Crippen LogP contribution < -0.4 is 0 Å². The molecule has 1 aromatic heterocycles. The molecule has 0 unspecified atom stereocenters. The van der Waals surface area contributed by atoms with Crippen LogP contribution >= 0.6 is 15.9 Å². The Labute approximate surface area is 130 Å². The number of benzene rings is 2. The molecule has 0 N–H and O–H groups in total. The Morgan fingerprint density at radius 1 is 1.14 bits per heavy atom. The van der Waals surface area contributed by atoms with Gasteiger partial charge in [-0.2, -0.15) is 0 Å². The van der Waals surface area contributed by atoms with Crippen molar-refractivity contribution in [3.05, 3.63) is 70.6 Å². The van der Waals surface area contributed by atoms with E-state index in [0.29, 0.717) is 5.56 Å². The summed E-state index contributed by atoms with van der Waals surface area (Å²) in [5.74, 6) is -0.340. The fourth-order valence-electron chi connectivity index (χ4n) is 2.41. The summed E-state index contributed by atoms with van der Waals surface area (Å²) >= 11 is 3.43. The summed E-state index contributed by atoms with van der Waals surface area (Å²) in [6.07, 6.45) is 2.00. The van der Waals surface area contributed by atoms with E-state index in [-0.39, 0.29) is 24.6 Å². The van der Waals surface area contributed by atoms with Crippen LogP contribution in [0.2, 0.25) is 0 Å². The molecule has 0 aliphatic rings. The van der Waals surface area contributed by atoms with E-state index in [4.69, 9.17) is 0 Å². The highest BCUT2D eigenvalue weighted by Crippen LogP contribution is 2.21. The van der Waals surface area contributed by atoms with Gasteiger partial charge < -0.3 is 4.57 Å². The van der Waals surface area contributed by atoms with Crippen LogP contribution in [0, 0.1) is 5.82 Å². The summed E-state index contributed by atoms with van der Waals surface area (Å²) in [5.41, 5.74) is 1.45. The number of fused-ring (bicyclic) bond motifs is 1. The Morgan fingerprint density at radius 2 is 1.95 bits per heavy atom. The molecule has 4 heteroatoms. The number of nitrogens with zero attached hydrogens (tertiary/aromatic N) is 1. The summed E-state index contributed by atoms with van der Waals surface area (Å²) in [5, 5.41) is 1.07. The van der Waals surface area contributed by atoms with Gasteiger partial charge in [-0.15, -0.1) is 0 Å². The van der Waals surface area contributed by atoms with Gasteiger partial charge in [0.2, 0.25) is 0 Å². The van der Waals surface area contributed by atoms with Crippen LogP contribution in [0.1, 0.15) is 5.56 Å². The molecule has 0 aliphatic heterocycles. The van der Waals surface area contributed by atoms with Crippen LogP contribution in [0.5, 0.6) is 0 Å². The number of carbonyl (C=O) groups excluding carboxylic acids is 1. The first-order chi connectivity index (χ1) is 10.1. The summed E-state index contributed by atoms with van der Waals surface area (Å²) < 4.78 is 16.5. The van der Waals surface area contributed by atoms with Crippen LogP contribution in [-0.4, -0.2) is 10.4 Å². The Balaban J connectivity index is 1.79. The van der Waals surface area contributed by atoms with E-state index in [1.54, 1.807) is 18.2 Å². The highest BCUT2D eigenvalue weighted by molar-refractivity contribution is 9.10. The van der Waals surface area contributed by atoms with Gasteiger partial charge in [-0.25, -0.2) is 4.39 Å². The minimum atomic E-state index is -0.327.